The van der Waals surface area contributed by atoms with Gasteiger partial charge in [0.15, 0.2) is 0 Å². The zero-order chi connectivity index (χ0) is 17.1. The number of aromatic nitrogens is 2. The predicted molar refractivity (Wildman–Crippen MR) is 96.0 cm³/mol. The maximum atomic E-state index is 12.4. The molecule has 0 unspecified atom stereocenters. The number of rotatable bonds is 4. The van der Waals surface area contributed by atoms with Gasteiger partial charge >= 0.3 is 0 Å². The zero-order valence-electron chi connectivity index (χ0n) is 13.9. The van der Waals surface area contributed by atoms with E-state index < -0.39 is 0 Å². The van der Waals surface area contributed by atoms with Crippen molar-refractivity contribution < 1.29 is 4.79 Å². The molecule has 1 aromatic carbocycles. The van der Waals surface area contributed by atoms with E-state index in [2.05, 4.69) is 20.6 Å². The molecule has 5 nitrogen and oxygen atoms in total. The molecule has 6 heteroatoms. The lowest BCUT2D eigenvalue weighted by Crippen LogP contribution is -2.33. The van der Waals surface area contributed by atoms with Crippen molar-refractivity contribution >= 4 is 29.0 Å². The fourth-order valence-corrected chi connectivity index (χ4v) is 3.21. The first-order valence-electron chi connectivity index (χ1n) is 8.21. The van der Waals surface area contributed by atoms with Gasteiger partial charge < -0.3 is 10.6 Å². The molecule has 1 fully saturated rings. The highest BCUT2D eigenvalue weighted by molar-refractivity contribution is 6.30. The highest BCUT2D eigenvalue weighted by Gasteiger charge is 2.19. The minimum atomic E-state index is -0.136. The average Bonchev–Trinajstić information content (AvgIpc) is 3.02. The summed E-state index contributed by atoms with van der Waals surface area (Å²) < 4.78 is 0. The van der Waals surface area contributed by atoms with Crippen molar-refractivity contribution in [2.75, 3.05) is 5.32 Å². The number of anilines is 2. The standard InChI is InChI=1S/C18H21ClN4O/c1-11-9-13(19)7-8-15(11)23-17-10-16(20-12(2)21-17)18(24)22-14-5-3-4-6-14/h7-10,14H,3-6H2,1-2H3,(H,22,24)(H,20,21,23). The van der Waals surface area contributed by atoms with Crippen molar-refractivity contribution in [2.45, 2.75) is 45.6 Å². The van der Waals surface area contributed by atoms with Crippen LogP contribution in [0.25, 0.3) is 0 Å². The first-order chi connectivity index (χ1) is 11.5. The van der Waals surface area contributed by atoms with Crippen molar-refractivity contribution in [1.82, 2.24) is 15.3 Å². The number of halogens is 1. The van der Waals surface area contributed by atoms with E-state index >= 15 is 0 Å². The summed E-state index contributed by atoms with van der Waals surface area (Å²) in [7, 11) is 0. The van der Waals surface area contributed by atoms with Gasteiger partial charge in [-0.1, -0.05) is 24.4 Å². The first-order valence-corrected chi connectivity index (χ1v) is 8.59. The van der Waals surface area contributed by atoms with Gasteiger partial charge in [-0.15, -0.1) is 0 Å². The van der Waals surface area contributed by atoms with Crippen LogP contribution in [0.4, 0.5) is 11.5 Å². The number of aryl methyl sites for hydroxylation is 2. The second-order valence-corrected chi connectivity index (χ2v) is 6.66. The summed E-state index contributed by atoms with van der Waals surface area (Å²) in [5.41, 5.74) is 2.30. The van der Waals surface area contributed by atoms with Crippen LogP contribution >= 0.6 is 11.6 Å². The Balaban J connectivity index is 1.79. The fraction of sp³-hybridized carbons (Fsp3) is 0.389. The molecular formula is C18H21ClN4O. The number of carbonyl (C=O) groups excluding carboxylic acids is 1. The molecule has 0 bridgehead atoms. The lowest BCUT2D eigenvalue weighted by Gasteiger charge is -2.13. The van der Waals surface area contributed by atoms with E-state index in [1.54, 1.807) is 13.0 Å². The van der Waals surface area contributed by atoms with Gasteiger partial charge in [0.1, 0.15) is 17.3 Å². The fourth-order valence-electron chi connectivity index (χ4n) is 2.98. The van der Waals surface area contributed by atoms with Crippen LogP contribution in [0.1, 0.15) is 47.6 Å². The van der Waals surface area contributed by atoms with Gasteiger partial charge in [-0.05, 0) is 50.5 Å². The Hall–Kier alpha value is -2.14. The lowest BCUT2D eigenvalue weighted by atomic mass is 10.2. The Bertz CT molecular complexity index is 757. The van der Waals surface area contributed by atoms with Crippen LogP contribution in [0.2, 0.25) is 5.02 Å². The van der Waals surface area contributed by atoms with Gasteiger partial charge in [-0.2, -0.15) is 0 Å². The van der Waals surface area contributed by atoms with E-state index in [1.165, 1.54) is 12.8 Å². The van der Waals surface area contributed by atoms with Crippen molar-refractivity contribution in [3.63, 3.8) is 0 Å². The molecule has 2 N–H and O–H groups in total. The predicted octanol–water partition coefficient (Wildman–Crippen LogP) is 4.16. The molecule has 1 amide bonds. The van der Waals surface area contributed by atoms with E-state index in [4.69, 9.17) is 11.6 Å². The monoisotopic (exact) mass is 344 g/mol. The van der Waals surface area contributed by atoms with Crippen LogP contribution in [0, 0.1) is 13.8 Å². The zero-order valence-corrected chi connectivity index (χ0v) is 14.7. The molecule has 1 aromatic heterocycles. The third kappa shape index (κ3) is 4.03. The molecular weight excluding hydrogens is 324 g/mol. The number of hydrogen-bond acceptors (Lipinski definition) is 4. The molecule has 1 aliphatic rings. The Morgan fingerprint density at radius 2 is 1.92 bits per heavy atom. The molecule has 0 aliphatic heterocycles. The van der Waals surface area contributed by atoms with E-state index in [0.717, 1.165) is 24.1 Å². The summed E-state index contributed by atoms with van der Waals surface area (Å²) in [4.78, 5) is 21.1. The maximum absolute atomic E-state index is 12.4. The second kappa shape index (κ2) is 7.18. The number of hydrogen-bond donors (Lipinski definition) is 2. The Morgan fingerprint density at radius 1 is 1.17 bits per heavy atom. The molecule has 1 aliphatic carbocycles. The summed E-state index contributed by atoms with van der Waals surface area (Å²) >= 11 is 5.99. The van der Waals surface area contributed by atoms with E-state index in [9.17, 15) is 4.79 Å². The smallest absolute Gasteiger partial charge is 0.270 e. The molecule has 2 aromatic rings. The highest BCUT2D eigenvalue weighted by atomic mass is 35.5. The number of carbonyl (C=O) groups is 1. The Kier molecular flexibility index (Phi) is 5.00. The van der Waals surface area contributed by atoms with Gasteiger partial charge in [0.2, 0.25) is 0 Å². The molecule has 0 radical (unpaired) electrons. The minimum absolute atomic E-state index is 0.136. The molecule has 0 saturated heterocycles. The van der Waals surface area contributed by atoms with Crippen LogP contribution in [0.5, 0.6) is 0 Å². The van der Waals surface area contributed by atoms with Crippen molar-refractivity contribution in [2.24, 2.45) is 0 Å². The molecule has 0 spiro atoms. The van der Waals surface area contributed by atoms with Gasteiger partial charge in [0, 0.05) is 22.8 Å². The number of amides is 1. The molecule has 0 atom stereocenters. The third-order valence-electron chi connectivity index (χ3n) is 4.21. The van der Waals surface area contributed by atoms with Crippen molar-refractivity contribution in [3.05, 3.63) is 46.4 Å². The second-order valence-electron chi connectivity index (χ2n) is 6.22. The summed E-state index contributed by atoms with van der Waals surface area (Å²) in [6, 6.07) is 7.55. The van der Waals surface area contributed by atoms with Gasteiger partial charge in [0.25, 0.3) is 5.91 Å². The van der Waals surface area contributed by atoms with Crippen molar-refractivity contribution in [1.29, 1.82) is 0 Å². The quantitative estimate of drug-likeness (QED) is 0.873. The Morgan fingerprint density at radius 3 is 2.62 bits per heavy atom. The number of benzene rings is 1. The van der Waals surface area contributed by atoms with Crippen LogP contribution in [-0.4, -0.2) is 21.9 Å². The summed E-state index contributed by atoms with van der Waals surface area (Å²) in [6.45, 7) is 3.75. The van der Waals surface area contributed by atoms with Crippen LogP contribution in [0.15, 0.2) is 24.3 Å². The van der Waals surface area contributed by atoms with Crippen molar-refractivity contribution in [3.8, 4) is 0 Å². The molecule has 1 saturated carbocycles. The molecule has 1 heterocycles. The van der Waals surface area contributed by atoms with Gasteiger partial charge in [0.05, 0.1) is 0 Å². The van der Waals surface area contributed by atoms with Crippen LogP contribution < -0.4 is 10.6 Å². The molecule has 3 rings (SSSR count). The van der Waals surface area contributed by atoms with Gasteiger partial charge in [-0.3, -0.25) is 4.79 Å². The maximum Gasteiger partial charge on any atom is 0.270 e. The largest absolute Gasteiger partial charge is 0.348 e. The van der Waals surface area contributed by atoms with E-state index in [0.29, 0.717) is 22.4 Å². The molecule has 24 heavy (non-hydrogen) atoms. The summed E-state index contributed by atoms with van der Waals surface area (Å²) in [5.74, 6) is 1.02. The normalized spacial score (nSPS) is 14.6. The molecule has 126 valence electrons. The van der Waals surface area contributed by atoms with Crippen LogP contribution in [-0.2, 0) is 0 Å². The van der Waals surface area contributed by atoms with E-state index in [1.807, 2.05) is 25.1 Å². The summed E-state index contributed by atoms with van der Waals surface area (Å²) in [5, 5.41) is 6.99. The number of nitrogens with zero attached hydrogens (tertiary/aromatic N) is 2. The minimum Gasteiger partial charge on any atom is -0.348 e. The SMILES string of the molecule is Cc1nc(Nc2ccc(Cl)cc2C)cc(C(=O)NC2CCCC2)n1. The third-order valence-corrected chi connectivity index (χ3v) is 4.45. The lowest BCUT2D eigenvalue weighted by molar-refractivity contribution is 0.0932. The van der Waals surface area contributed by atoms with Gasteiger partial charge in [-0.25, -0.2) is 9.97 Å². The Labute approximate surface area is 146 Å². The van der Waals surface area contributed by atoms with E-state index in [-0.39, 0.29) is 11.9 Å². The topological polar surface area (TPSA) is 66.9 Å². The summed E-state index contributed by atoms with van der Waals surface area (Å²) in [6.07, 6.45) is 4.45. The average molecular weight is 345 g/mol. The first kappa shape index (κ1) is 16.7. The number of nitrogens with one attached hydrogen (secondary N) is 2. The highest BCUT2D eigenvalue weighted by Crippen LogP contribution is 2.23. The van der Waals surface area contributed by atoms with Crippen LogP contribution in [0.3, 0.4) is 0 Å².